The van der Waals surface area contributed by atoms with Crippen molar-refractivity contribution >= 4 is 5.91 Å². The molecule has 0 bridgehead atoms. The molecule has 2 aromatic heterocycles. The molecule has 0 unspecified atom stereocenters. The second kappa shape index (κ2) is 16.5. The highest BCUT2D eigenvalue weighted by Crippen LogP contribution is 2.24. The molecular formula is C38H49N5O3. The average molecular weight is 624 g/mol. The van der Waals surface area contributed by atoms with Crippen LogP contribution in [0.5, 0.6) is 5.75 Å². The lowest BCUT2D eigenvalue weighted by Crippen LogP contribution is -2.47. The Morgan fingerprint density at radius 3 is 2.35 bits per heavy atom. The zero-order valence-electron chi connectivity index (χ0n) is 28.0. The molecule has 8 nitrogen and oxygen atoms in total. The number of rotatable bonds is 15. The molecule has 244 valence electrons. The fraction of sp³-hybridized carbons (Fsp3) is 0.474. The van der Waals surface area contributed by atoms with E-state index in [9.17, 15) is 4.79 Å². The Balaban J connectivity index is 1.27. The fourth-order valence-corrected chi connectivity index (χ4v) is 6.01. The van der Waals surface area contributed by atoms with Gasteiger partial charge in [0.1, 0.15) is 11.4 Å². The van der Waals surface area contributed by atoms with Crippen LogP contribution in [0.25, 0.3) is 11.4 Å². The number of amides is 1. The third kappa shape index (κ3) is 9.25. The maximum atomic E-state index is 14.0. The molecule has 0 radical (unpaired) electrons. The molecule has 1 aliphatic rings. The molecule has 0 saturated carbocycles. The summed E-state index contributed by atoms with van der Waals surface area (Å²) >= 11 is 0. The van der Waals surface area contributed by atoms with Gasteiger partial charge in [-0.05, 0) is 79.5 Å². The number of nitrogens with zero attached hydrogens (tertiary/aromatic N) is 5. The van der Waals surface area contributed by atoms with Gasteiger partial charge in [0.05, 0.1) is 13.5 Å². The number of carbonyl (C=O) groups is 1. The number of benzene rings is 2. The summed E-state index contributed by atoms with van der Waals surface area (Å²) in [5.74, 6) is 2.63. The molecular weight excluding hydrogens is 574 g/mol. The average Bonchev–Trinajstić information content (AvgIpc) is 3.55. The summed E-state index contributed by atoms with van der Waals surface area (Å²) in [6.45, 7) is 10.5. The minimum Gasteiger partial charge on any atom is -0.497 e. The standard InChI is InChI=1S/C38H49N5O3/c1-5-6-7-8-30-13-18-35(39-26-30)38(44)43(33-20-23-42(24-21-33)22-19-28(2)3)27-31-9-14-32(15-10-31)37-40-36(46-41-37)25-29-11-16-34(45-4)17-12-29/h9-18,26,28,33H,5-8,19-25,27H2,1-4H3. The summed E-state index contributed by atoms with van der Waals surface area (Å²) in [5, 5.41) is 4.22. The van der Waals surface area contributed by atoms with E-state index in [-0.39, 0.29) is 11.9 Å². The smallest absolute Gasteiger partial charge is 0.272 e. The lowest BCUT2D eigenvalue weighted by atomic mass is 10.00. The van der Waals surface area contributed by atoms with Gasteiger partial charge in [-0.1, -0.05) is 81.2 Å². The van der Waals surface area contributed by atoms with E-state index in [1.165, 1.54) is 24.8 Å². The van der Waals surface area contributed by atoms with Gasteiger partial charge in [-0.25, -0.2) is 0 Å². The fourth-order valence-electron chi connectivity index (χ4n) is 6.01. The van der Waals surface area contributed by atoms with E-state index in [1.54, 1.807) is 7.11 Å². The number of pyridine rings is 1. The zero-order chi connectivity index (χ0) is 32.3. The van der Waals surface area contributed by atoms with Crippen molar-refractivity contribution in [1.29, 1.82) is 0 Å². The van der Waals surface area contributed by atoms with E-state index in [2.05, 4.69) is 63.9 Å². The van der Waals surface area contributed by atoms with Crippen molar-refractivity contribution in [1.82, 2.24) is 24.9 Å². The van der Waals surface area contributed by atoms with Gasteiger partial charge in [0.2, 0.25) is 11.7 Å². The molecule has 1 fully saturated rings. The summed E-state index contributed by atoms with van der Waals surface area (Å²) in [5.41, 5.74) is 4.73. The van der Waals surface area contributed by atoms with Crippen molar-refractivity contribution in [3.05, 3.63) is 95.1 Å². The van der Waals surface area contributed by atoms with Crippen molar-refractivity contribution in [2.24, 2.45) is 5.92 Å². The van der Waals surface area contributed by atoms with Crippen LogP contribution in [-0.4, -0.2) is 63.6 Å². The van der Waals surface area contributed by atoms with Crippen molar-refractivity contribution in [3.8, 4) is 17.1 Å². The van der Waals surface area contributed by atoms with Gasteiger partial charge in [0.25, 0.3) is 5.91 Å². The molecule has 46 heavy (non-hydrogen) atoms. The minimum absolute atomic E-state index is 0.00570. The maximum absolute atomic E-state index is 14.0. The Kier molecular flexibility index (Phi) is 12.0. The first kappa shape index (κ1) is 33.3. The van der Waals surface area contributed by atoms with Gasteiger partial charge in [-0.15, -0.1) is 0 Å². The third-order valence-corrected chi connectivity index (χ3v) is 8.94. The monoisotopic (exact) mass is 623 g/mol. The van der Waals surface area contributed by atoms with Crippen LogP contribution in [0.3, 0.4) is 0 Å². The second-order valence-corrected chi connectivity index (χ2v) is 12.9. The van der Waals surface area contributed by atoms with E-state index < -0.39 is 0 Å². The molecule has 3 heterocycles. The van der Waals surface area contributed by atoms with Crippen LogP contribution >= 0.6 is 0 Å². The number of methoxy groups -OCH3 is 1. The van der Waals surface area contributed by atoms with Crippen molar-refractivity contribution in [3.63, 3.8) is 0 Å². The summed E-state index contributed by atoms with van der Waals surface area (Å²) < 4.78 is 10.8. The predicted molar refractivity (Wildman–Crippen MR) is 182 cm³/mol. The first-order valence-corrected chi connectivity index (χ1v) is 16.9. The largest absolute Gasteiger partial charge is 0.497 e. The van der Waals surface area contributed by atoms with Crippen LogP contribution in [0.1, 0.15) is 92.4 Å². The SMILES string of the molecule is CCCCCc1ccc(C(=O)N(Cc2ccc(-c3noc(Cc4ccc(OC)cc4)n3)cc2)C2CCN(CCC(C)C)CC2)nc1. The summed E-state index contributed by atoms with van der Waals surface area (Å²) in [7, 11) is 1.66. The first-order valence-electron chi connectivity index (χ1n) is 16.9. The highest BCUT2D eigenvalue weighted by Gasteiger charge is 2.29. The molecule has 1 saturated heterocycles. The first-order chi connectivity index (χ1) is 22.4. The van der Waals surface area contributed by atoms with Gasteiger partial charge >= 0.3 is 0 Å². The number of aromatic nitrogens is 3. The molecule has 0 atom stereocenters. The van der Waals surface area contributed by atoms with E-state index >= 15 is 0 Å². The van der Waals surface area contributed by atoms with E-state index in [0.29, 0.717) is 36.3 Å². The molecule has 0 aliphatic carbocycles. The quantitative estimate of drug-likeness (QED) is 0.126. The van der Waals surface area contributed by atoms with Crippen LogP contribution in [0.15, 0.2) is 71.4 Å². The summed E-state index contributed by atoms with van der Waals surface area (Å²) in [4.78, 5) is 27.9. The van der Waals surface area contributed by atoms with E-state index in [4.69, 9.17) is 9.26 Å². The Labute approximate surface area is 274 Å². The molecule has 5 rings (SSSR count). The molecule has 8 heteroatoms. The van der Waals surface area contributed by atoms with Gasteiger partial charge in [0.15, 0.2) is 0 Å². The Morgan fingerprint density at radius 2 is 1.70 bits per heavy atom. The van der Waals surface area contributed by atoms with Crippen LogP contribution in [0.4, 0.5) is 0 Å². The Hall–Kier alpha value is -4.04. The zero-order valence-corrected chi connectivity index (χ0v) is 28.0. The molecule has 2 aromatic carbocycles. The molecule has 0 N–H and O–H groups in total. The van der Waals surface area contributed by atoms with Gasteiger partial charge in [-0.3, -0.25) is 9.78 Å². The number of unbranched alkanes of at least 4 members (excludes halogenated alkanes) is 2. The number of hydrogen-bond acceptors (Lipinski definition) is 7. The number of likely N-dealkylation sites (tertiary alicyclic amines) is 1. The summed E-state index contributed by atoms with van der Waals surface area (Å²) in [6, 6.07) is 20.2. The van der Waals surface area contributed by atoms with Crippen LogP contribution in [-0.2, 0) is 19.4 Å². The van der Waals surface area contributed by atoms with Crippen LogP contribution in [0, 0.1) is 5.92 Å². The predicted octanol–water partition coefficient (Wildman–Crippen LogP) is 7.62. The Morgan fingerprint density at radius 1 is 0.978 bits per heavy atom. The third-order valence-electron chi connectivity index (χ3n) is 8.94. The highest BCUT2D eigenvalue weighted by molar-refractivity contribution is 5.92. The normalized spacial score (nSPS) is 14.1. The summed E-state index contributed by atoms with van der Waals surface area (Å²) in [6.07, 6.45) is 10.1. The van der Waals surface area contributed by atoms with Gasteiger partial charge < -0.3 is 19.1 Å². The lowest BCUT2D eigenvalue weighted by molar-refractivity contribution is 0.0540. The topological polar surface area (TPSA) is 84.6 Å². The number of carbonyl (C=O) groups excluding carboxylic acids is 1. The number of hydrogen-bond donors (Lipinski definition) is 0. The van der Waals surface area contributed by atoms with Crippen molar-refractivity contribution < 1.29 is 14.1 Å². The molecule has 1 aliphatic heterocycles. The molecule has 1 amide bonds. The van der Waals surface area contributed by atoms with Gasteiger partial charge in [-0.2, -0.15) is 4.98 Å². The maximum Gasteiger partial charge on any atom is 0.272 e. The minimum atomic E-state index is 0.00570. The lowest BCUT2D eigenvalue weighted by Gasteiger charge is -2.38. The number of piperidine rings is 1. The van der Waals surface area contributed by atoms with Crippen molar-refractivity contribution in [2.75, 3.05) is 26.7 Å². The number of aryl methyl sites for hydroxylation is 1. The van der Waals surface area contributed by atoms with Crippen LogP contribution < -0.4 is 4.74 Å². The van der Waals surface area contributed by atoms with Gasteiger partial charge in [0, 0.05) is 37.4 Å². The van der Waals surface area contributed by atoms with Crippen LogP contribution in [0.2, 0.25) is 0 Å². The van der Waals surface area contributed by atoms with E-state index in [1.807, 2.05) is 48.7 Å². The molecule has 0 spiro atoms. The van der Waals surface area contributed by atoms with Crippen molar-refractivity contribution in [2.45, 2.75) is 84.7 Å². The second-order valence-electron chi connectivity index (χ2n) is 12.9. The van der Waals surface area contributed by atoms with E-state index in [0.717, 1.165) is 67.8 Å². The number of ether oxygens (including phenoxy) is 1. The Bertz CT molecular complexity index is 1490. The highest BCUT2D eigenvalue weighted by atomic mass is 16.5. The molecule has 4 aromatic rings.